The van der Waals surface area contributed by atoms with Crippen LogP contribution in [-0.2, 0) is 16.6 Å². The number of amides is 1. The zero-order valence-corrected chi connectivity index (χ0v) is 19.3. The van der Waals surface area contributed by atoms with E-state index < -0.39 is 15.9 Å². The average molecular weight is 468 g/mol. The van der Waals surface area contributed by atoms with Crippen molar-refractivity contribution in [3.05, 3.63) is 89.0 Å². The number of phenols is 1. The number of aryl methyl sites for hydroxylation is 1. The van der Waals surface area contributed by atoms with Crippen molar-refractivity contribution in [2.75, 3.05) is 17.7 Å². The molecule has 2 N–H and O–H groups in total. The largest absolute Gasteiger partial charge is 0.504 e. The van der Waals surface area contributed by atoms with Crippen LogP contribution in [0.1, 0.15) is 27.0 Å². The van der Waals surface area contributed by atoms with Gasteiger partial charge in [-0.1, -0.05) is 29.8 Å². The number of rotatable bonds is 8. The molecule has 0 fully saturated rings. The molecule has 3 aromatic carbocycles. The number of ether oxygens (including phenoxy) is 1. The Labute approximate surface area is 193 Å². The Bertz CT molecular complexity index is 1250. The minimum Gasteiger partial charge on any atom is -0.504 e. The molecular weight excluding hydrogens is 442 g/mol. The minimum absolute atomic E-state index is 0.00397. The van der Waals surface area contributed by atoms with Crippen molar-refractivity contribution in [1.82, 2.24) is 5.43 Å². The Hall–Kier alpha value is -3.85. The number of benzene rings is 3. The number of carbonyl (C=O) groups is 1. The van der Waals surface area contributed by atoms with Gasteiger partial charge >= 0.3 is 0 Å². The van der Waals surface area contributed by atoms with Crippen LogP contribution in [0.25, 0.3) is 0 Å². The van der Waals surface area contributed by atoms with Crippen LogP contribution in [0, 0.1) is 6.92 Å². The van der Waals surface area contributed by atoms with E-state index in [-0.39, 0.29) is 12.3 Å². The standard InChI is InChI=1S/C24H25N3O5S/c1-17-4-6-18(7-5-17)16-27(33(3,30)31)21-11-9-20(10-12-21)24(29)26-25-15-19-8-13-22(28)23(14-19)32-2/h4-15,28H,16H2,1-3H3,(H,26,29)/b25-15-. The van der Waals surface area contributed by atoms with E-state index in [1.54, 1.807) is 24.3 Å². The van der Waals surface area contributed by atoms with Crippen molar-refractivity contribution in [2.24, 2.45) is 5.10 Å². The zero-order valence-electron chi connectivity index (χ0n) is 18.5. The van der Waals surface area contributed by atoms with Gasteiger partial charge < -0.3 is 9.84 Å². The molecule has 0 aliphatic rings. The average Bonchev–Trinajstić information content (AvgIpc) is 2.79. The molecule has 0 saturated heterocycles. The molecule has 0 saturated carbocycles. The van der Waals surface area contributed by atoms with Crippen LogP contribution in [0.4, 0.5) is 5.69 Å². The van der Waals surface area contributed by atoms with Crippen molar-refractivity contribution in [3.63, 3.8) is 0 Å². The molecule has 0 unspecified atom stereocenters. The van der Waals surface area contributed by atoms with Crippen molar-refractivity contribution in [1.29, 1.82) is 0 Å². The monoisotopic (exact) mass is 467 g/mol. The van der Waals surface area contributed by atoms with Crippen LogP contribution in [0.5, 0.6) is 11.5 Å². The zero-order chi connectivity index (χ0) is 24.0. The van der Waals surface area contributed by atoms with E-state index in [0.717, 1.165) is 17.4 Å². The molecule has 0 heterocycles. The maximum atomic E-state index is 12.4. The van der Waals surface area contributed by atoms with Gasteiger partial charge in [0.1, 0.15) is 0 Å². The third-order valence-corrected chi connectivity index (χ3v) is 5.99. The lowest BCUT2D eigenvalue weighted by Gasteiger charge is -2.22. The van der Waals surface area contributed by atoms with Crippen LogP contribution in [0.15, 0.2) is 71.8 Å². The lowest BCUT2D eigenvalue weighted by atomic mass is 10.1. The Balaban J connectivity index is 1.70. The van der Waals surface area contributed by atoms with Gasteiger partial charge in [-0.3, -0.25) is 9.10 Å². The fraction of sp³-hybridized carbons (Fsp3) is 0.167. The molecule has 3 aromatic rings. The van der Waals surface area contributed by atoms with Crippen molar-refractivity contribution in [2.45, 2.75) is 13.5 Å². The molecule has 9 heteroatoms. The maximum absolute atomic E-state index is 12.4. The summed E-state index contributed by atoms with van der Waals surface area (Å²) in [4.78, 5) is 12.4. The maximum Gasteiger partial charge on any atom is 0.271 e. The molecule has 0 bridgehead atoms. The highest BCUT2D eigenvalue weighted by atomic mass is 32.2. The second-order valence-electron chi connectivity index (χ2n) is 7.43. The summed E-state index contributed by atoms with van der Waals surface area (Å²) in [5.74, 6) is -0.154. The lowest BCUT2D eigenvalue weighted by molar-refractivity contribution is 0.0955. The molecule has 0 radical (unpaired) electrons. The molecule has 0 aromatic heterocycles. The van der Waals surface area contributed by atoms with E-state index in [9.17, 15) is 18.3 Å². The summed E-state index contributed by atoms with van der Waals surface area (Å²) in [7, 11) is -2.09. The highest BCUT2D eigenvalue weighted by Crippen LogP contribution is 2.25. The third-order valence-electron chi connectivity index (χ3n) is 4.85. The molecule has 0 aliphatic carbocycles. The number of carbonyl (C=O) groups excluding carboxylic acids is 1. The smallest absolute Gasteiger partial charge is 0.271 e. The van der Waals surface area contributed by atoms with Gasteiger partial charge in [0, 0.05) is 5.56 Å². The first kappa shape index (κ1) is 23.8. The first-order valence-electron chi connectivity index (χ1n) is 10.0. The van der Waals surface area contributed by atoms with Gasteiger partial charge in [0.2, 0.25) is 10.0 Å². The summed E-state index contributed by atoms with van der Waals surface area (Å²) in [6.45, 7) is 2.15. The molecule has 8 nitrogen and oxygen atoms in total. The predicted octanol–water partition coefficient (Wildman–Crippen LogP) is 3.44. The number of hydrogen-bond acceptors (Lipinski definition) is 6. The number of aromatic hydroxyl groups is 1. The Morgan fingerprint density at radius 2 is 1.76 bits per heavy atom. The number of hydrogen-bond donors (Lipinski definition) is 2. The lowest BCUT2D eigenvalue weighted by Crippen LogP contribution is -2.29. The number of nitrogens with one attached hydrogen (secondary N) is 1. The summed E-state index contributed by atoms with van der Waals surface area (Å²) < 4.78 is 31.1. The van der Waals surface area contributed by atoms with Crippen LogP contribution in [0.2, 0.25) is 0 Å². The fourth-order valence-corrected chi connectivity index (χ4v) is 3.93. The molecule has 0 spiro atoms. The highest BCUT2D eigenvalue weighted by Gasteiger charge is 2.18. The van der Waals surface area contributed by atoms with Gasteiger partial charge in [0.25, 0.3) is 5.91 Å². The number of methoxy groups -OCH3 is 1. The third kappa shape index (κ3) is 6.33. The molecular formula is C24H25N3O5S. The van der Waals surface area contributed by atoms with Crippen LogP contribution in [0.3, 0.4) is 0 Å². The second kappa shape index (κ2) is 10.2. The molecule has 0 atom stereocenters. The second-order valence-corrected chi connectivity index (χ2v) is 9.34. The van der Waals surface area contributed by atoms with Crippen LogP contribution < -0.4 is 14.5 Å². The Morgan fingerprint density at radius 3 is 2.36 bits per heavy atom. The normalized spacial score (nSPS) is 11.4. The van der Waals surface area contributed by atoms with E-state index in [4.69, 9.17) is 4.74 Å². The van der Waals surface area contributed by atoms with Gasteiger partial charge in [0.05, 0.1) is 31.8 Å². The van der Waals surface area contributed by atoms with E-state index in [1.165, 1.54) is 35.8 Å². The number of phenolic OH excluding ortho intramolecular Hbond substituents is 1. The van der Waals surface area contributed by atoms with Crippen LogP contribution >= 0.6 is 0 Å². The molecule has 172 valence electrons. The quantitative estimate of drug-likeness (QED) is 0.390. The number of anilines is 1. The van der Waals surface area contributed by atoms with Gasteiger partial charge in [-0.05, 0) is 60.5 Å². The summed E-state index contributed by atoms with van der Waals surface area (Å²) in [6.07, 6.45) is 2.57. The number of sulfonamides is 1. The first-order valence-corrected chi connectivity index (χ1v) is 11.9. The Kier molecular flexibility index (Phi) is 7.34. The van der Waals surface area contributed by atoms with E-state index >= 15 is 0 Å². The fourth-order valence-electron chi connectivity index (χ4n) is 3.04. The number of nitrogens with zero attached hydrogens (tertiary/aromatic N) is 2. The van der Waals surface area contributed by atoms with Crippen LogP contribution in [-0.4, -0.2) is 39.0 Å². The van der Waals surface area contributed by atoms with E-state index in [0.29, 0.717) is 22.6 Å². The van der Waals surface area contributed by atoms with Gasteiger partial charge in [-0.2, -0.15) is 5.10 Å². The number of hydrazone groups is 1. The van der Waals surface area contributed by atoms with Gasteiger partial charge in [-0.15, -0.1) is 0 Å². The summed E-state index contributed by atoms with van der Waals surface area (Å²) in [5, 5.41) is 13.5. The summed E-state index contributed by atoms with van der Waals surface area (Å²) >= 11 is 0. The first-order chi connectivity index (χ1) is 15.7. The van der Waals surface area contributed by atoms with E-state index in [2.05, 4.69) is 10.5 Å². The topological polar surface area (TPSA) is 108 Å². The SMILES string of the molecule is COc1cc(/C=N\NC(=O)c2ccc(N(Cc3ccc(C)cc3)S(C)(=O)=O)cc2)ccc1O. The molecule has 1 amide bonds. The highest BCUT2D eigenvalue weighted by molar-refractivity contribution is 7.92. The van der Waals surface area contributed by atoms with Gasteiger partial charge in [-0.25, -0.2) is 13.8 Å². The predicted molar refractivity (Wildman–Crippen MR) is 128 cm³/mol. The molecule has 33 heavy (non-hydrogen) atoms. The molecule has 0 aliphatic heterocycles. The van der Waals surface area contributed by atoms with E-state index in [1.807, 2.05) is 31.2 Å². The van der Waals surface area contributed by atoms with Crippen molar-refractivity contribution >= 4 is 27.8 Å². The molecule has 3 rings (SSSR count). The minimum atomic E-state index is -3.53. The van der Waals surface area contributed by atoms with Crippen molar-refractivity contribution < 1.29 is 23.1 Å². The summed E-state index contributed by atoms with van der Waals surface area (Å²) in [5.41, 5.74) is 5.76. The van der Waals surface area contributed by atoms with Crippen molar-refractivity contribution in [3.8, 4) is 11.5 Å². The summed E-state index contributed by atoms with van der Waals surface area (Å²) in [6, 6.07) is 18.5. The van der Waals surface area contributed by atoms with Gasteiger partial charge in [0.15, 0.2) is 11.5 Å². The Morgan fingerprint density at radius 1 is 1.09 bits per heavy atom.